The van der Waals surface area contributed by atoms with Crippen molar-refractivity contribution in [2.75, 3.05) is 0 Å². The molecule has 0 fully saturated rings. The minimum Gasteiger partial charge on any atom is -0.258 e. The van der Waals surface area contributed by atoms with Crippen LogP contribution < -0.4 is 10.7 Å². The van der Waals surface area contributed by atoms with E-state index in [2.05, 4.69) is 60.0 Å². The molecule has 0 bridgehead atoms. The van der Waals surface area contributed by atoms with Crippen molar-refractivity contribution in [3.8, 4) is 0 Å². The van der Waals surface area contributed by atoms with Crippen molar-refractivity contribution in [3.63, 3.8) is 0 Å². The summed E-state index contributed by atoms with van der Waals surface area (Å²) in [5.41, 5.74) is 5.20. The molecule has 1 atom stereocenters. The fourth-order valence-electron chi connectivity index (χ4n) is 2.69. The van der Waals surface area contributed by atoms with E-state index in [4.69, 9.17) is 0 Å². The van der Waals surface area contributed by atoms with Crippen molar-refractivity contribution in [2.45, 2.75) is 40.2 Å². The number of rotatable bonds is 1. The minimum atomic E-state index is 0.175. The fraction of sp³-hybridized carbons (Fsp3) is 0.353. The quantitative estimate of drug-likeness (QED) is 0.793. The molecule has 0 aromatic carbocycles. The number of hydrogen-bond donors (Lipinski definition) is 0. The summed E-state index contributed by atoms with van der Waals surface area (Å²) in [6.07, 6.45) is 5.30. The highest BCUT2D eigenvalue weighted by Gasteiger charge is 2.11. The second-order valence-electron chi connectivity index (χ2n) is 5.27. The van der Waals surface area contributed by atoms with Crippen LogP contribution in [-0.4, -0.2) is 16.0 Å². The van der Waals surface area contributed by atoms with Crippen molar-refractivity contribution in [3.05, 3.63) is 45.7 Å². The Morgan fingerprint density at radius 2 is 2.05 bits per heavy atom. The van der Waals surface area contributed by atoms with Gasteiger partial charge in [0.1, 0.15) is 0 Å². The Hall–Kier alpha value is -2.03. The van der Waals surface area contributed by atoms with Gasteiger partial charge in [0.15, 0.2) is 11.1 Å². The number of nitrogens with zero attached hydrogens (tertiary/aromatic N) is 3. The maximum absolute atomic E-state index is 4.67. The molecule has 2 aromatic rings. The van der Waals surface area contributed by atoms with Crippen LogP contribution in [0, 0.1) is 6.92 Å². The predicted molar refractivity (Wildman–Crippen MR) is 82.1 cm³/mol. The molecule has 0 amide bonds. The van der Waals surface area contributed by atoms with E-state index in [0.717, 1.165) is 33.9 Å². The summed E-state index contributed by atoms with van der Waals surface area (Å²) in [6.45, 7) is 8.35. The van der Waals surface area contributed by atoms with E-state index in [9.17, 15) is 0 Å². The smallest absolute Gasteiger partial charge is 0.161 e. The van der Waals surface area contributed by atoms with Gasteiger partial charge in [-0.25, -0.2) is 9.97 Å². The van der Waals surface area contributed by atoms with Gasteiger partial charge in [0.25, 0.3) is 0 Å². The van der Waals surface area contributed by atoms with E-state index < -0.39 is 0 Å². The summed E-state index contributed by atoms with van der Waals surface area (Å²) in [4.78, 5) is 13.9. The molecule has 3 rings (SSSR count). The van der Waals surface area contributed by atoms with Crippen LogP contribution in [-0.2, 0) is 6.42 Å². The largest absolute Gasteiger partial charge is 0.258 e. The Morgan fingerprint density at radius 1 is 1.25 bits per heavy atom. The first-order valence-corrected chi connectivity index (χ1v) is 7.15. The average Bonchev–Trinajstić information content (AvgIpc) is 2.44. The van der Waals surface area contributed by atoms with Gasteiger partial charge in [0.05, 0.1) is 6.04 Å². The first-order chi connectivity index (χ1) is 9.62. The predicted octanol–water partition coefficient (Wildman–Crippen LogP) is 2.25. The average molecular weight is 265 g/mol. The van der Waals surface area contributed by atoms with Crippen LogP contribution in [0.2, 0.25) is 0 Å². The number of allylic oxidation sites excluding steroid dienone is 1. The normalized spacial score (nSPS) is 19.6. The van der Waals surface area contributed by atoms with Gasteiger partial charge in [-0.15, -0.1) is 0 Å². The zero-order chi connectivity index (χ0) is 14.3. The van der Waals surface area contributed by atoms with Crippen LogP contribution in [0.4, 0.5) is 0 Å². The molecule has 102 valence electrons. The molecular weight excluding hydrogens is 246 g/mol. The maximum atomic E-state index is 4.67. The summed E-state index contributed by atoms with van der Waals surface area (Å²) in [5, 5.41) is 2.19. The van der Waals surface area contributed by atoms with Gasteiger partial charge in [0.2, 0.25) is 0 Å². The lowest BCUT2D eigenvalue weighted by Crippen LogP contribution is -2.34. The number of aromatic nitrogens is 2. The van der Waals surface area contributed by atoms with Gasteiger partial charge < -0.3 is 0 Å². The van der Waals surface area contributed by atoms with Gasteiger partial charge in [-0.3, -0.25) is 4.99 Å². The molecule has 0 saturated carbocycles. The van der Waals surface area contributed by atoms with Gasteiger partial charge in [-0.05, 0) is 56.5 Å². The Labute approximate surface area is 118 Å². The van der Waals surface area contributed by atoms with Crippen molar-refractivity contribution in [1.82, 2.24) is 9.97 Å². The molecule has 3 heterocycles. The van der Waals surface area contributed by atoms with Gasteiger partial charge in [-0.2, -0.15) is 0 Å². The Balaban J connectivity index is 2.35. The molecular formula is C17H19N3. The van der Waals surface area contributed by atoms with Gasteiger partial charge in [-0.1, -0.05) is 13.0 Å². The van der Waals surface area contributed by atoms with Crippen molar-refractivity contribution in [1.29, 1.82) is 0 Å². The Bertz CT molecular complexity index is 831. The number of hydrogen-bond acceptors (Lipinski definition) is 3. The van der Waals surface area contributed by atoms with E-state index in [0.29, 0.717) is 0 Å². The maximum Gasteiger partial charge on any atom is 0.161 e. The number of pyridine rings is 2. The summed E-state index contributed by atoms with van der Waals surface area (Å²) in [5.74, 6) is 0. The van der Waals surface area contributed by atoms with E-state index in [1.54, 1.807) is 0 Å². The highest BCUT2D eigenvalue weighted by Crippen LogP contribution is 2.14. The summed E-state index contributed by atoms with van der Waals surface area (Å²) >= 11 is 0. The Kier molecular flexibility index (Phi) is 3.13. The van der Waals surface area contributed by atoms with Crippen molar-refractivity contribution in [2.24, 2.45) is 4.99 Å². The third kappa shape index (κ3) is 2.03. The molecule has 1 unspecified atom stereocenters. The van der Waals surface area contributed by atoms with Gasteiger partial charge >= 0.3 is 0 Å². The second kappa shape index (κ2) is 4.82. The molecule has 0 saturated heterocycles. The topological polar surface area (TPSA) is 38.1 Å². The zero-order valence-corrected chi connectivity index (χ0v) is 12.4. The van der Waals surface area contributed by atoms with E-state index in [-0.39, 0.29) is 6.04 Å². The van der Waals surface area contributed by atoms with Crippen LogP contribution in [0.5, 0.6) is 0 Å². The molecule has 1 aliphatic rings. The molecule has 1 aliphatic heterocycles. The van der Waals surface area contributed by atoms with Gasteiger partial charge in [0, 0.05) is 16.3 Å². The lowest BCUT2D eigenvalue weighted by Gasteiger charge is -2.12. The van der Waals surface area contributed by atoms with Crippen LogP contribution in [0.1, 0.15) is 32.0 Å². The highest BCUT2D eigenvalue weighted by atomic mass is 14.9. The zero-order valence-electron chi connectivity index (χ0n) is 12.4. The van der Waals surface area contributed by atoms with E-state index in [1.165, 1.54) is 11.1 Å². The van der Waals surface area contributed by atoms with Crippen molar-refractivity contribution >= 4 is 17.1 Å². The van der Waals surface area contributed by atoms with Crippen LogP contribution in [0.25, 0.3) is 17.1 Å². The molecule has 3 nitrogen and oxygen atoms in total. The standard InChI is InChI=1S/C17H19N3/c1-5-12-7-14-9-15-8-13(6-2)11(4)19-17(15)20-16(14)18-10(12)3/h5,7-10H,6H2,1-4H3/b12-5-. The summed E-state index contributed by atoms with van der Waals surface area (Å²) in [6, 6.07) is 4.53. The second-order valence-corrected chi connectivity index (χ2v) is 5.27. The first-order valence-electron chi connectivity index (χ1n) is 7.15. The molecule has 0 spiro atoms. The lowest BCUT2D eigenvalue weighted by atomic mass is 10.0. The molecule has 0 radical (unpaired) electrons. The SMILES string of the molecule is C/C=C1/C=c2cc3cc(CC)c(C)nc3nc2=NC1C. The highest BCUT2D eigenvalue weighted by molar-refractivity contribution is 5.76. The van der Waals surface area contributed by atoms with E-state index in [1.807, 2.05) is 6.92 Å². The summed E-state index contributed by atoms with van der Waals surface area (Å²) < 4.78 is 0. The molecule has 0 N–H and O–H groups in total. The third-order valence-electron chi connectivity index (χ3n) is 3.94. The Morgan fingerprint density at radius 3 is 2.75 bits per heavy atom. The van der Waals surface area contributed by atoms with Crippen molar-refractivity contribution < 1.29 is 0 Å². The fourth-order valence-corrected chi connectivity index (χ4v) is 2.69. The number of aryl methyl sites for hydroxylation is 2. The summed E-state index contributed by atoms with van der Waals surface area (Å²) in [7, 11) is 0. The minimum absolute atomic E-state index is 0.175. The number of fused-ring (bicyclic) bond motifs is 2. The molecule has 3 heteroatoms. The molecule has 0 aliphatic carbocycles. The monoisotopic (exact) mass is 265 g/mol. The van der Waals surface area contributed by atoms with Crippen LogP contribution in [0.15, 0.2) is 28.8 Å². The third-order valence-corrected chi connectivity index (χ3v) is 3.94. The van der Waals surface area contributed by atoms with E-state index >= 15 is 0 Å². The van der Waals surface area contributed by atoms with Crippen LogP contribution >= 0.6 is 0 Å². The van der Waals surface area contributed by atoms with Crippen LogP contribution in [0.3, 0.4) is 0 Å². The molecule has 20 heavy (non-hydrogen) atoms. The molecule has 2 aromatic heterocycles. The first kappa shape index (κ1) is 13.0. The lowest BCUT2D eigenvalue weighted by molar-refractivity contribution is 0.823.